The van der Waals surface area contributed by atoms with Crippen LogP contribution in [-0.4, -0.2) is 39.2 Å². The second-order valence-electron chi connectivity index (χ2n) is 6.77. The van der Waals surface area contributed by atoms with Crippen LogP contribution in [0.3, 0.4) is 0 Å². The highest BCUT2D eigenvalue weighted by molar-refractivity contribution is 6.30. The van der Waals surface area contributed by atoms with Gasteiger partial charge in [0.15, 0.2) is 0 Å². The molecule has 0 fully saturated rings. The Kier molecular flexibility index (Phi) is 5.57. The lowest BCUT2D eigenvalue weighted by Crippen LogP contribution is -2.40. The van der Waals surface area contributed by atoms with E-state index in [0.717, 1.165) is 23.2 Å². The molecule has 29 heavy (non-hydrogen) atoms. The fourth-order valence-electron chi connectivity index (χ4n) is 3.34. The number of halogens is 1. The van der Waals surface area contributed by atoms with E-state index in [0.29, 0.717) is 17.5 Å². The monoisotopic (exact) mass is 408 g/mol. The van der Waals surface area contributed by atoms with Crippen LogP contribution in [0.4, 0.5) is 5.95 Å². The predicted octanol–water partition coefficient (Wildman–Crippen LogP) is 3.30. The van der Waals surface area contributed by atoms with Crippen molar-refractivity contribution in [2.45, 2.75) is 19.4 Å². The summed E-state index contributed by atoms with van der Waals surface area (Å²) in [6.45, 7) is 2.79. The van der Waals surface area contributed by atoms with E-state index in [1.54, 1.807) is 4.68 Å². The fraction of sp³-hybridized carbons (Fsp3) is 0.238. The summed E-state index contributed by atoms with van der Waals surface area (Å²) in [4.78, 5) is 14.3. The summed E-state index contributed by atoms with van der Waals surface area (Å²) in [5.41, 5.74) is 2.88. The second kappa shape index (κ2) is 8.45. The van der Waals surface area contributed by atoms with Crippen molar-refractivity contribution in [1.29, 1.82) is 0 Å². The smallest absolute Gasteiger partial charge is 0.251 e. The van der Waals surface area contributed by atoms with E-state index in [9.17, 15) is 4.79 Å². The minimum Gasteiger partial charge on any atom is -0.355 e. The molecule has 2 heterocycles. The maximum Gasteiger partial charge on any atom is 0.251 e. The zero-order valence-electron chi connectivity index (χ0n) is 16.0. The van der Waals surface area contributed by atoms with Gasteiger partial charge in [-0.15, -0.1) is 0 Å². The summed E-state index contributed by atoms with van der Waals surface area (Å²) in [6.07, 6.45) is 2.96. The number of allylic oxidation sites excluding steroid dienone is 1. The zero-order valence-corrected chi connectivity index (χ0v) is 16.8. The van der Waals surface area contributed by atoms with Gasteiger partial charge in [-0.3, -0.25) is 9.69 Å². The van der Waals surface area contributed by atoms with E-state index in [-0.39, 0.29) is 18.5 Å². The van der Waals surface area contributed by atoms with E-state index in [4.69, 9.17) is 11.6 Å². The van der Waals surface area contributed by atoms with E-state index >= 15 is 0 Å². The third kappa shape index (κ3) is 4.00. The molecule has 0 saturated carbocycles. The van der Waals surface area contributed by atoms with Crippen molar-refractivity contribution >= 4 is 29.2 Å². The SMILES string of the molecule is CCCNC(=O)CN1C(c2ccccc2)=C[C@H](c2ccc(Cl)cc2)n2nnnc21. The number of anilines is 1. The van der Waals surface area contributed by atoms with Gasteiger partial charge in [0.05, 0.1) is 5.70 Å². The summed E-state index contributed by atoms with van der Waals surface area (Å²) in [6, 6.07) is 17.3. The minimum absolute atomic E-state index is 0.0758. The normalized spacial score (nSPS) is 15.6. The lowest BCUT2D eigenvalue weighted by Gasteiger charge is -2.32. The first kappa shape index (κ1) is 19.1. The van der Waals surface area contributed by atoms with E-state index in [2.05, 4.69) is 26.9 Å². The number of nitrogens with zero attached hydrogens (tertiary/aromatic N) is 5. The maximum atomic E-state index is 12.5. The van der Waals surface area contributed by atoms with Crippen LogP contribution in [0.2, 0.25) is 5.02 Å². The summed E-state index contributed by atoms with van der Waals surface area (Å²) in [5, 5.41) is 15.9. The van der Waals surface area contributed by atoms with Crippen LogP contribution >= 0.6 is 11.6 Å². The molecule has 1 amide bonds. The van der Waals surface area contributed by atoms with Gasteiger partial charge in [0.25, 0.3) is 5.95 Å². The topological polar surface area (TPSA) is 75.9 Å². The van der Waals surface area contributed by atoms with Crippen LogP contribution in [0.1, 0.15) is 30.5 Å². The summed E-state index contributed by atoms with van der Waals surface area (Å²) in [7, 11) is 0. The van der Waals surface area contributed by atoms with Crippen molar-refractivity contribution in [3.63, 3.8) is 0 Å². The Hall–Kier alpha value is -3.19. The largest absolute Gasteiger partial charge is 0.355 e. The van der Waals surface area contributed by atoms with Crippen LogP contribution in [0, 0.1) is 0 Å². The fourth-order valence-corrected chi connectivity index (χ4v) is 3.47. The van der Waals surface area contributed by atoms with Gasteiger partial charge in [-0.25, -0.2) is 0 Å². The molecular weight excluding hydrogens is 388 g/mol. The molecule has 0 radical (unpaired) electrons. The Morgan fingerprint density at radius 2 is 1.90 bits per heavy atom. The highest BCUT2D eigenvalue weighted by Gasteiger charge is 2.31. The molecule has 1 aromatic heterocycles. The maximum absolute atomic E-state index is 12.5. The quantitative estimate of drug-likeness (QED) is 0.677. The third-order valence-electron chi connectivity index (χ3n) is 4.74. The Bertz CT molecular complexity index is 1020. The summed E-state index contributed by atoms with van der Waals surface area (Å²) < 4.78 is 1.72. The molecule has 3 aromatic rings. The van der Waals surface area contributed by atoms with Gasteiger partial charge in [0.2, 0.25) is 5.91 Å². The molecule has 0 saturated heterocycles. The van der Waals surface area contributed by atoms with Gasteiger partial charge in [-0.05, 0) is 46.2 Å². The Morgan fingerprint density at radius 3 is 2.62 bits per heavy atom. The zero-order chi connectivity index (χ0) is 20.2. The molecule has 1 aliphatic rings. The lowest BCUT2D eigenvalue weighted by atomic mass is 10.0. The molecule has 0 bridgehead atoms. The Labute approximate surface area is 174 Å². The number of amides is 1. The number of benzene rings is 2. The second-order valence-corrected chi connectivity index (χ2v) is 7.21. The number of nitrogens with one attached hydrogen (secondary N) is 1. The van der Waals surface area contributed by atoms with Crippen LogP contribution in [0.25, 0.3) is 5.70 Å². The van der Waals surface area contributed by atoms with Gasteiger partial charge in [-0.1, -0.05) is 66.1 Å². The van der Waals surface area contributed by atoms with E-state index in [1.165, 1.54) is 0 Å². The van der Waals surface area contributed by atoms with E-state index < -0.39 is 0 Å². The van der Waals surface area contributed by atoms with E-state index in [1.807, 2.05) is 66.4 Å². The van der Waals surface area contributed by atoms with Crippen molar-refractivity contribution in [3.05, 3.63) is 76.8 Å². The van der Waals surface area contributed by atoms with Gasteiger partial charge in [0.1, 0.15) is 12.6 Å². The molecular formula is C21H21ClN6O. The molecule has 148 valence electrons. The number of rotatable bonds is 6. The van der Waals surface area contributed by atoms with Gasteiger partial charge in [-0.2, -0.15) is 4.68 Å². The molecule has 4 rings (SSSR count). The molecule has 8 heteroatoms. The minimum atomic E-state index is -0.206. The molecule has 1 atom stereocenters. The first-order valence-corrected chi connectivity index (χ1v) is 9.90. The van der Waals surface area contributed by atoms with Crippen LogP contribution in [-0.2, 0) is 4.79 Å². The number of aromatic nitrogens is 4. The number of hydrogen-bond donors (Lipinski definition) is 1. The van der Waals surface area contributed by atoms with Crippen LogP contribution < -0.4 is 10.2 Å². The number of carbonyl (C=O) groups excluding carboxylic acids is 1. The van der Waals surface area contributed by atoms with Crippen molar-refractivity contribution in [2.24, 2.45) is 0 Å². The molecule has 1 aliphatic heterocycles. The molecule has 1 N–H and O–H groups in total. The molecule has 0 spiro atoms. The number of tetrazole rings is 1. The van der Waals surface area contributed by atoms with Crippen molar-refractivity contribution in [2.75, 3.05) is 18.0 Å². The van der Waals surface area contributed by atoms with Crippen LogP contribution in [0.15, 0.2) is 60.7 Å². The highest BCUT2D eigenvalue weighted by Crippen LogP contribution is 2.36. The molecule has 0 unspecified atom stereocenters. The average molecular weight is 409 g/mol. The summed E-state index contributed by atoms with van der Waals surface area (Å²) in [5.74, 6) is 0.450. The number of hydrogen-bond acceptors (Lipinski definition) is 5. The molecule has 2 aromatic carbocycles. The Morgan fingerprint density at radius 1 is 1.14 bits per heavy atom. The standard InChI is InChI=1S/C21H21ClN6O/c1-2-12-23-20(29)14-27-18(15-6-4-3-5-7-15)13-19(28-21(27)24-25-26-28)16-8-10-17(22)11-9-16/h3-11,13,19H,2,12,14H2,1H3,(H,23,29)/t19-/m1/s1. The summed E-state index contributed by atoms with van der Waals surface area (Å²) >= 11 is 6.06. The predicted molar refractivity (Wildman–Crippen MR) is 112 cm³/mol. The first-order valence-electron chi connectivity index (χ1n) is 9.52. The molecule has 0 aliphatic carbocycles. The lowest BCUT2D eigenvalue weighted by molar-refractivity contribution is -0.119. The van der Waals surface area contributed by atoms with Gasteiger partial charge < -0.3 is 5.32 Å². The average Bonchev–Trinajstić information content (AvgIpc) is 3.24. The van der Waals surface area contributed by atoms with Crippen LogP contribution in [0.5, 0.6) is 0 Å². The molecule has 7 nitrogen and oxygen atoms in total. The van der Waals surface area contributed by atoms with Gasteiger partial charge in [0, 0.05) is 11.6 Å². The highest BCUT2D eigenvalue weighted by atomic mass is 35.5. The first-order chi connectivity index (χ1) is 14.2. The van der Waals surface area contributed by atoms with Crippen molar-refractivity contribution in [1.82, 2.24) is 25.5 Å². The third-order valence-corrected chi connectivity index (χ3v) is 4.99. The number of fused-ring (bicyclic) bond motifs is 1. The van der Waals surface area contributed by atoms with Crippen molar-refractivity contribution < 1.29 is 4.79 Å². The number of carbonyl (C=O) groups is 1. The van der Waals surface area contributed by atoms with Crippen molar-refractivity contribution in [3.8, 4) is 0 Å². The van der Waals surface area contributed by atoms with Gasteiger partial charge >= 0.3 is 0 Å². The Balaban J connectivity index is 1.78.